The standard InChI is InChI=1S/C12H18BNO4S/c1-11(14,15)12(13,16)7-5-9(18-3)10(19-4)6-8(7)17-2/h5-6,15-16H,14H2,1-4H3. The van der Waals surface area contributed by atoms with Crippen molar-refractivity contribution in [1.82, 2.24) is 0 Å². The van der Waals surface area contributed by atoms with Crippen molar-refractivity contribution in [3.8, 4) is 11.5 Å². The minimum absolute atomic E-state index is 0.150. The second-order valence-corrected chi connectivity index (χ2v) is 5.17. The van der Waals surface area contributed by atoms with Gasteiger partial charge in [-0.2, -0.15) is 0 Å². The van der Waals surface area contributed by atoms with Crippen LogP contribution in [-0.2, 0) is 5.50 Å². The molecule has 2 radical (unpaired) electrons. The second-order valence-electron chi connectivity index (χ2n) is 4.32. The SMILES string of the molecule is [B]C(O)(c1cc(OC)c(SC)cc1OC)C(C)(N)O. The van der Waals surface area contributed by atoms with Gasteiger partial charge in [0.25, 0.3) is 0 Å². The predicted octanol–water partition coefficient (Wildman–Crippen LogP) is 0.407. The molecule has 0 saturated heterocycles. The molecular weight excluding hydrogens is 265 g/mol. The van der Waals surface area contributed by atoms with E-state index in [0.29, 0.717) is 11.5 Å². The van der Waals surface area contributed by atoms with E-state index in [-0.39, 0.29) is 5.56 Å². The van der Waals surface area contributed by atoms with Crippen LogP contribution < -0.4 is 15.2 Å². The summed E-state index contributed by atoms with van der Waals surface area (Å²) in [4.78, 5) is 0.815. The molecular formula is C12H18BNO4S. The minimum atomic E-state index is -2.18. The van der Waals surface area contributed by atoms with Gasteiger partial charge >= 0.3 is 0 Å². The first kappa shape index (κ1) is 16.2. The normalized spacial score (nSPS) is 17.4. The van der Waals surface area contributed by atoms with Gasteiger partial charge in [0.15, 0.2) is 0 Å². The maximum atomic E-state index is 10.3. The highest BCUT2D eigenvalue weighted by Crippen LogP contribution is 2.40. The Bertz CT molecular complexity index is 460. The Morgan fingerprint density at radius 1 is 1.21 bits per heavy atom. The summed E-state index contributed by atoms with van der Waals surface area (Å²) in [6.45, 7) is 1.21. The Morgan fingerprint density at radius 3 is 2.11 bits per heavy atom. The number of rotatable bonds is 5. The largest absolute Gasteiger partial charge is 0.496 e. The third-order valence-electron chi connectivity index (χ3n) is 2.89. The fourth-order valence-electron chi connectivity index (χ4n) is 1.60. The summed E-state index contributed by atoms with van der Waals surface area (Å²) in [7, 11) is 8.69. The number of methoxy groups -OCH3 is 2. The predicted molar refractivity (Wildman–Crippen MR) is 75.8 cm³/mol. The van der Waals surface area contributed by atoms with Gasteiger partial charge < -0.3 is 25.4 Å². The highest BCUT2D eigenvalue weighted by atomic mass is 32.2. The van der Waals surface area contributed by atoms with E-state index in [4.69, 9.17) is 23.1 Å². The Balaban J connectivity index is 3.50. The lowest BCUT2D eigenvalue weighted by Gasteiger charge is -2.37. The van der Waals surface area contributed by atoms with E-state index in [1.807, 2.05) is 6.26 Å². The Hall–Kier alpha value is -0.885. The zero-order valence-corrected chi connectivity index (χ0v) is 12.2. The molecule has 0 saturated carbocycles. The molecule has 7 heteroatoms. The van der Waals surface area contributed by atoms with Gasteiger partial charge in [-0.25, -0.2) is 0 Å². The van der Waals surface area contributed by atoms with Crippen molar-refractivity contribution in [3.63, 3.8) is 0 Å². The number of thioether (sulfide) groups is 1. The van der Waals surface area contributed by atoms with Crippen LogP contribution in [0.3, 0.4) is 0 Å². The highest BCUT2D eigenvalue weighted by Gasteiger charge is 2.41. The average molecular weight is 283 g/mol. The first-order valence-electron chi connectivity index (χ1n) is 5.52. The summed E-state index contributed by atoms with van der Waals surface area (Å²) in [5.41, 5.74) is 1.45. The summed E-state index contributed by atoms with van der Waals surface area (Å²) in [5.74, 6) is 0.831. The van der Waals surface area contributed by atoms with Crippen LogP contribution in [0.4, 0.5) is 0 Å². The van der Waals surface area contributed by atoms with E-state index < -0.39 is 11.2 Å². The lowest BCUT2D eigenvalue weighted by atomic mass is 9.68. The summed E-state index contributed by atoms with van der Waals surface area (Å²) < 4.78 is 10.4. The van der Waals surface area contributed by atoms with Crippen LogP contribution in [0.1, 0.15) is 12.5 Å². The number of hydrogen-bond acceptors (Lipinski definition) is 6. The minimum Gasteiger partial charge on any atom is -0.496 e. The molecule has 4 N–H and O–H groups in total. The quantitative estimate of drug-likeness (QED) is 0.412. The second kappa shape index (κ2) is 5.62. The van der Waals surface area contributed by atoms with E-state index in [0.717, 1.165) is 4.90 Å². The van der Waals surface area contributed by atoms with Crippen molar-refractivity contribution < 1.29 is 19.7 Å². The van der Waals surface area contributed by atoms with Gasteiger partial charge in [0.1, 0.15) is 25.1 Å². The maximum absolute atomic E-state index is 10.3. The van der Waals surface area contributed by atoms with Crippen molar-refractivity contribution in [3.05, 3.63) is 17.7 Å². The molecule has 1 aromatic carbocycles. The van der Waals surface area contributed by atoms with Crippen molar-refractivity contribution in [2.24, 2.45) is 5.73 Å². The molecule has 0 fully saturated rings. The monoisotopic (exact) mass is 283 g/mol. The van der Waals surface area contributed by atoms with Crippen molar-refractivity contribution in [1.29, 1.82) is 0 Å². The number of ether oxygens (including phenoxy) is 2. The molecule has 0 aliphatic heterocycles. The van der Waals surface area contributed by atoms with Gasteiger partial charge in [-0.3, -0.25) is 0 Å². The van der Waals surface area contributed by atoms with Gasteiger partial charge in [-0.15, -0.1) is 11.8 Å². The van der Waals surface area contributed by atoms with Crippen LogP contribution in [0.25, 0.3) is 0 Å². The molecule has 1 rings (SSSR count). The number of benzene rings is 1. The van der Waals surface area contributed by atoms with E-state index in [1.165, 1.54) is 39.0 Å². The third kappa shape index (κ3) is 3.00. The van der Waals surface area contributed by atoms with E-state index >= 15 is 0 Å². The molecule has 2 atom stereocenters. The molecule has 2 unspecified atom stereocenters. The topological polar surface area (TPSA) is 84.9 Å². The number of nitrogens with two attached hydrogens (primary N) is 1. The van der Waals surface area contributed by atoms with Crippen LogP contribution in [0.2, 0.25) is 0 Å². The summed E-state index contributed by atoms with van der Waals surface area (Å²) >= 11 is 1.46. The molecule has 0 amide bonds. The Kier molecular flexibility index (Phi) is 4.79. The van der Waals surface area contributed by atoms with Crippen molar-refractivity contribution in [2.45, 2.75) is 23.0 Å². The smallest absolute Gasteiger partial charge is 0.135 e. The van der Waals surface area contributed by atoms with E-state index in [2.05, 4.69) is 0 Å². The van der Waals surface area contributed by atoms with Gasteiger partial charge in [0, 0.05) is 5.56 Å². The molecule has 1 aromatic rings. The summed E-state index contributed by atoms with van der Waals surface area (Å²) in [6, 6.07) is 3.18. The number of hydrogen-bond donors (Lipinski definition) is 3. The molecule has 5 nitrogen and oxygen atoms in total. The van der Waals surface area contributed by atoms with Crippen molar-refractivity contribution >= 4 is 19.6 Å². The fraction of sp³-hybridized carbons (Fsp3) is 0.500. The van der Waals surface area contributed by atoms with Crippen LogP contribution >= 0.6 is 11.8 Å². The summed E-state index contributed by atoms with van der Waals surface area (Å²) in [5, 5.41) is 20.1. The first-order chi connectivity index (χ1) is 8.68. The lowest BCUT2D eigenvalue weighted by molar-refractivity contribution is -0.0910. The zero-order valence-electron chi connectivity index (χ0n) is 11.4. The van der Waals surface area contributed by atoms with Gasteiger partial charge in [-0.1, -0.05) is 0 Å². The van der Waals surface area contributed by atoms with Crippen LogP contribution in [0.5, 0.6) is 11.5 Å². The summed E-state index contributed by atoms with van der Waals surface area (Å²) in [6.07, 6.45) is 1.88. The molecule has 104 valence electrons. The van der Waals surface area contributed by atoms with Crippen LogP contribution in [-0.4, -0.2) is 44.3 Å². The number of aliphatic hydroxyl groups is 2. The van der Waals surface area contributed by atoms with Gasteiger partial charge in [0.05, 0.1) is 24.6 Å². The Morgan fingerprint density at radius 2 is 1.74 bits per heavy atom. The molecule has 19 heavy (non-hydrogen) atoms. The molecule has 0 aliphatic carbocycles. The third-order valence-corrected chi connectivity index (χ3v) is 3.65. The molecule has 0 aromatic heterocycles. The fourth-order valence-corrected chi connectivity index (χ4v) is 2.17. The molecule has 0 bridgehead atoms. The Labute approximate surface area is 118 Å². The van der Waals surface area contributed by atoms with Crippen LogP contribution in [0, 0.1) is 0 Å². The zero-order chi connectivity index (χ0) is 14.8. The van der Waals surface area contributed by atoms with E-state index in [9.17, 15) is 10.2 Å². The maximum Gasteiger partial charge on any atom is 0.135 e. The first-order valence-corrected chi connectivity index (χ1v) is 6.74. The average Bonchev–Trinajstić information content (AvgIpc) is 2.35. The van der Waals surface area contributed by atoms with Crippen molar-refractivity contribution in [2.75, 3.05) is 20.5 Å². The molecule has 0 aliphatic rings. The highest BCUT2D eigenvalue weighted by molar-refractivity contribution is 7.98. The molecule has 0 heterocycles. The van der Waals surface area contributed by atoms with E-state index in [1.54, 1.807) is 6.07 Å². The molecule has 0 spiro atoms. The van der Waals surface area contributed by atoms with Crippen LogP contribution in [0.15, 0.2) is 17.0 Å². The van der Waals surface area contributed by atoms with Gasteiger partial charge in [0.2, 0.25) is 0 Å². The van der Waals surface area contributed by atoms with Gasteiger partial charge in [-0.05, 0) is 25.3 Å². The lowest BCUT2D eigenvalue weighted by Crippen LogP contribution is -2.57.